The van der Waals surface area contributed by atoms with E-state index in [2.05, 4.69) is 32.0 Å². The fourth-order valence-corrected chi connectivity index (χ4v) is 4.29. The van der Waals surface area contributed by atoms with Crippen molar-refractivity contribution in [3.63, 3.8) is 0 Å². The Hall–Kier alpha value is -4.17. The van der Waals surface area contributed by atoms with Crippen molar-refractivity contribution in [3.8, 4) is 6.07 Å². The quantitative estimate of drug-likeness (QED) is 0.186. The number of hydrogen-bond donors (Lipinski definition) is 5. The van der Waals surface area contributed by atoms with E-state index < -0.39 is 17.5 Å². The average Bonchev–Trinajstić information content (AvgIpc) is 3.41. The summed E-state index contributed by atoms with van der Waals surface area (Å²) in [6, 6.07) is 13.3. The number of aromatic nitrogens is 1. The number of pyridine rings is 1. The third-order valence-electron chi connectivity index (χ3n) is 5.65. The van der Waals surface area contributed by atoms with Crippen LogP contribution in [0.5, 0.6) is 0 Å². The molecule has 0 amide bonds. The van der Waals surface area contributed by atoms with Crippen molar-refractivity contribution >= 4 is 51.2 Å². The Labute approximate surface area is 218 Å². The van der Waals surface area contributed by atoms with E-state index in [1.165, 1.54) is 6.20 Å². The second kappa shape index (κ2) is 10.1. The van der Waals surface area contributed by atoms with E-state index in [0.29, 0.717) is 33.7 Å². The van der Waals surface area contributed by atoms with Crippen molar-refractivity contribution < 1.29 is 13.2 Å². The zero-order chi connectivity index (χ0) is 26.1. The number of rotatable bonds is 6. The topological polar surface area (TPSA) is 96.8 Å². The molecule has 1 atom stereocenters. The second-order valence-electron chi connectivity index (χ2n) is 8.01. The number of benzene rings is 3. The van der Waals surface area contributed by atoms with E-state index in [9.17, 15) is 18.4 Å². The average molecular weight is 542 g/mol. The Kier molecular flexibility index (Phi) is 6.67. The van der Waals surface area contributed by atoms with Crippen LogP contribution >= 0.6 is 23.2 Å². The van der Waals surface area contributed by atoms with Crippen molar-refractivity contribution in [2.75, 3.05) is 10.6 Å². The van der Waals surface area contributed by atoms with E-state index in [4.69, 9.17) is 23.2 Å². The number of hydrogen-bond acceptors (Lipinski definition) is 7. The number of fused-ring (bicyclic) bond motifs is 1. The highest BCUT2D eigenvalue weighted by atomic mass is 35.5. The maximum atomic E-state index is 14.4. The van der Waals surface area contributed by atoms with Crippen molar-refractivity contribution in [2.24, 2.45) is 0 Å². The van der Waals surface area contributed by atoms with E-state index in [0.717, 1.165) is 11.3 Å². The van der Waals surface area contributed by atoms with Crippen molar-refractivity contribution in [1.29, 1.82) is 5.26 Å². The predicted molar refractivity (Wildman–Crippen MR) is 136 cm³/mol. The Balaban J connectivity index is 1.61. The number of hydrazine groups is 2. The smallest absolute Gasteiger partial charge is 0.161 e. The van der Waals surface area contributed by atoms with Gasteiger partial charge in [0.15, 0.2) is 11.6 Å². The largest absolute Gasteiger partial charge is 0.373 e. The van der Waals surface area contributed by atoms with Gasteiger partial charge in [-0.05, 0) is 29.8 Å². The first-order valence-corrected chi connectivity index (χ1v) is 11.5. The molecule has 186 valence electrons. The van der Waals surface area contributed by atoms with Crippen LogP contribution in [0, 0.1) is 28.8 Å². The molecule has 0 saturated heterocycles. The molecule has 37 heavy (non-hydrogen) atoms. The Morgan fingerprint density at radius 3 is 2.43 bits per heavy atom. The van der Waals surface area contributed by atoms with Crippen LogP contribution in [0.4, 0.5) is 30.2 Å². The fourth-order valence-electron chi connectivity index (χ4n) is 3.89. The van der Waals surface area contributed by atoms with Crippen LogP contribution in [-0.2, 0) is 0 Å². The number of nitriles is 1. The van der Waals surface area contributed by atoms with E-state index in [-0.39, 0.29) is 28.0 Å². The van der Waals surface area contributed by atoms with Gasteiger partial charge in [0.2, 0.25) is 0 Å². The summed E-state index contributed by atoms with van der Waals surface area (Å²) in [4.78, 5) is 4.27. The number of halogens is 5. The van der Waals surface area contributed by atoms with Gasteiger partial charge in [-0.1, -0.05) is 35.3 Å². The van der Waals surface area contributed by atoms with Gasteiger partial charge in [-0.2, -0.15) is 10.8 Å². The molecule has 0 aliphatic carbocycles. The molecule has 0 spiro atoms. The van der Waals surface area contributed by atoms with Crippen LogP contribution in [0.2, 0.25) is 10.0 Å². The van der Waals surface area contributed by atoms with Crippen molar-refractivity contribution in [3.05, 3.63) is 105 Å². The van der Waals surface area contributed by atoms with Gasteiger partial charge in [0.25, 0.3) is 0 Å². The lowest BCUT2D eigenvalue weighted by molar-refractivity contribution is 0.496. The molecule has 0 saturated carbocycles. The molecule has 0 radical (unpaired) electrons. The molecule has 3 aromatic carbocycles. The molecule has 0 unspecified atom stereocenters. The fraction of sp³-hybridized carbons (Fsp3) is 0.0400. The predicted octanol–water partition coefficient (Wildman–Crippen LogP) is 6.18. The lowest BCUT2D eigenvalue weighted by atomic mass is 10.0. The van der Waals surface area contributed by atoms with Gasteiger partial charge in [0.05, 0.1) is 39.2 Å². The first-order chi connectivity index (χ1) is 17.8. The highest BCUT2D eigenvalue weighted by Gasteiger charge is 2.21. The lowest BCUT2D eigenvalue weighted by Crippen LogP contribution is -2.33. The highest BCUT2D eigenvalue weighted by molar-refractivity contribution is 6.36. The molecule has 1 aliphatic heterocycles. The molecule has 1 aromatic heterocycles. The van der Waals surface area contributed by atoms with Gasteiger partial charge in [-0.25, -0.2) is 13.2 Å². The van der Waals surface area contributed by atoms with E-state index >= 15 is 0 Å². The standard InChI is InChI=1S/C25H16Cl2F3N7/c26-14-3-1-12(2-4-14)24(22-11-33-37-36-22)34-15-5-16-23(13(9-31)10-32-25(16)17(27)6-15)35-21-8-19(29)18(28)7-20(21)30/h1-8,10-11,24,33-34,36-37H,(H,32,35)/t24-/m0/s1. The van der Waals surface area contributed by atoms with Crippen LogP contribution in [0.25, 0.3) is 10.9 Å². The molecular weight excluding hydrogens is 526 g/mol. The monoisotopic (exact) mass is 541 g/mol. The zero-order valence-electron chi connectivity index (χ0n) is 18.6. The van der Waals surface area contributed by atoms with Gasteiger partial charge in [0, 0.05) is 40.6 Å². The molecule has 2 heterocycles. The van der Waals surface area contributed by atoms with Gasteiger partial charge in [-0.3, -0.25) is 4.98 Å². The molecule has 5 rings (SSSR count). The summed E-state index contributed by atoms with van der Waals surface area (Å²) in [5.41, 5.74) is 11.0. The summed E-state index contributed by atoms with van der Waals surface area (Å²) >= 11 is 12.6. The first kappa shape index (κ1) is 24.5. The molecular formula is C25H16Cl2F3N7. The summed E-state index contributed by atoms with van der Waals surface area (Å²) in [5.74, 6) is -3.61. The minimum absolute atomic E-state index is 0.0488. The highest BCUT2D eigenvalue weighted by Crippen LogP contribution is 2.37. The minimum atomic E-state index is -1.33. The third-order valence-corrected chi connectivity index (χ3v) is 6.19. The van der Waals surface area contributed by atoms with Crippen LogP contribution in [0.15, 0.2) is 66.6 Å². The molecule has 0 bridgehead atoms. The second-order valence-corrected chi connectivity index (χ2v) is 8.85. The lowest BCUT2D eigenvalue weighted by Gasteiger charge is -2.22. The van der Waals surface area contributed by atoms with Gasteiger partial charge >= 0.3 is 0 Å². The third kappa shape index (κ3) is 4.93. The first-order valence-electron chi connectivity index (χ1n) is 10.8. The maximum Gasteiger partial charge on any atom is 0.161 e. The summed E-state index contributed by atoms with van der Waals surface area (Å²) in [6.45, 7) is 0. The molecule has 1 aliphatic rings. The van der Waals surface area contributed by atoms with Crippen LogP contribution in [-0.4, -0.2) is 4.98 Å². The Morgan fingerprint density at radius 2 is 1.73 bits per heavy atom. The summed E-state index contributed by atoms with van der Waals surface area (Å²) in [5, 5.41) is 17.0. The number of nitrogens with one attached hydrogen (secondary N) is 5. The molecule has 0 fully saturated rings. The summed E-state index contributed by atoms with van der Waals surface area (Å²) in [6.07, 6.45) is 3.01. The van der Waals surface area contributed by atoms with Crippen LogP contribution < -0.4 is 27.0 Å². The van der Waals surface area contributed by atoms with Gasteiger partial charge in [0.1, 0.15) is 11.9 Å². The molecule has 12 heteroatoms. The van der Waals surface area contributed by atoms with Gasteiger partial charge in [-0.15, -0.1) is 0 Å². The minimum Gasteiger partial charge on any atom is -0.373 e. The zero-order valence-corrected chi connectivity index (χ0v) is 20.1. The summed E-state index contributed by atoms with van der Waals surface area (Å²) in [7, 11) is 0. The van der Waals surface area contributed by atoms with Crippen molar-refractivity contribution in [1.82, 2.24) is 21.4 Å². The van der Waals surface area contributed by atoms with Gasteiger partial charge < -0.3 is 21.5 Å². The number of nitrogens with zero attached hydrogens (tertiary/aromatic N) is 2. The molecule has 4 aromatic rings. The summed E-state index contributed by atoms with van der Waals surface area (Å²) < 4.78 is 41.7. The normalized spacial score (nSPS) is 13.4. The molecule has 7 nitrogen and oxygen atoms in total. The Bertz CT molecular complexity index is 1590. The number of anilines is 3. The Morgan fingerprint density at radius 1 is 0.973 bits per heavy atom. The SMILES string of the molecule is N#Cc1cnc2c(Cl)cc(N[C@H](C3=CNNN3)c3ccc(Cl)cc3)cc2c1Nc1cc(F)c(F)cc1F. The van der Waals surface area contributed by atoms with Crippen molar-refractivity contribution in [2.45, 2.75) is 6.04 Å². The van der Waals surface area contributed by atoms with Crippen LogP contribution in [0.1, 0.15) is 17.2 Å². The van der Waals surface area contributed by atoms with E-state index in [1.807, 2.05) is 18.2 Å². The maximum absolute atomic E-state index is 14.4. The van der Waals surface area contributed by atoms with Crippen LogP contribution in [0.3, 0.4) is 0 Å². The molecule has 5 N–H and O–H groups in total. The van der Waals surface area contributed by atoms with E-state index in [1.54, 1.807) is 30.5 Å².